The fraction of sp³-hybridized carbons (Fsp3) is 0.444. The summed E-state index contributed by atoms with van der Waals surface area (Å²) in [5.74, 6) is 0.183. The molecule has 2 rings (SSSR count). The predicted molar refractivity (Wildman–Crippen MR) is 83.7 cm³/mol. The topological polar surface area (TPSA) is 47.3 Å². The number of hydrogen-bond donors (Lipinski definition) is 0. The number of fused-ring (bicyclic) bond motifs is 1. The van der Waals surface area contributed by atoms with E-state index in [1.54, 1.807) is 0 Å². The lowest BCUT2D eigenvalue weighted by Gasteiger charge is -2.00. The number of unbranched alkanes of at least 4 members (excludes halogenated alkanes) is 2. The van der Waals surface area contributed by atoms with Crippen LogP contribution in [-0.4, -0.2) is 11.6 Å². The zero-order chi connectivity index (χ0) is 15.2. The van der Waals surface area contributed by atoms with Crippen LogP contribution >= 0.6 is 0 Å². The summed E-state index contributed by atoms with van der Waals surface area (Å²) in [6, 6.07) is 7.63. The summed E-state index contributed by atoms with van der Waals surface area (Å²) in [6.45, 7) is 4.09. The number of hydrogen-bond acceptors (Lipinski definition) is 3. The average molecular weight is 286 g/mol. The van der Waals surface area contributed by atoms with Crippen LogP contribution in [0.4, 0.5) is 0 Å². The maximum atomic E-state index is 12.3. The molecule has 0 saturated carbocycles. The van der Waals surface area contributed by atoms with Gasteiger partial charge in [-0.05, 0) is 18.9 Å². The van der Waals surface area contributed by atoms with E-state index in [0.717, 1.165) is 42.2 Å². The lowest BCUT2D eigenvalue weighted by atomic mass is 10.0. The van der Waals surface area contributed by atoms with Crippen LogP contribution in [0.3, 0.4) is 0 Å². The van der Waals surface area contributed by atoms with Crippen molar-refractivity contribution in [2.45, 2.75) is 52.4 Å². The Morgan fingerprint density at radius 3 is 2.57 bits per heavy atom. The molecule has 0 aliphatic rings. The summed E-state index contributed by atoms with van der Waals surface area (Å²) in [4.78, 5) is 24.2. The minimum absolute atomic E-state index is 0.0101. The molecule has 1 aromatic heterocycles. The molecule has 0 spiro atoms. The molecule has 0 atom stereocenters. The number of rotatable bonds is 8. The Bertz CT molecular complexity index is 637. The first-order valence-electron chi connectivity index (χ1n) is 7.72. The minimum atomic E-state index is -0.190. The lowest BCUT2D eigenvalue weighted by molar-refractivity contribution is -0.118. The second-order valence-corrected chi connectivity index (χ2v) is 5.36. The molecule has 1 aromatic carbocycles. The highest BCUT2D eigenvalue weighted by atomic mass is 16.3. The SMILES string of the molecule is CCCCCC(=O)CC(=O)c1oc2ccccc2c1CC. The third kappa shape index (κ3) is 3.60. The van der Waals surface area contributed by atoms with Crippen molar-refractivity contribution >= 4 is 22.5 Å². The summed E-state index contributed by atoms with van der Waals surface area (Å²) in [5, 5.41) is 0.974. The molecular formula is C18H22O3. The Labute approximate surface area is 125 Å². The monoisotopic (exact) mass is 286 g/mol. The molecule has 2 aromatic rings. The van der Waals surface area contributed by atoms with Gasteiger partial charge in [-0.3, -0.25) is 9.59 Å². The second kappa shape index (κ2) is 7.21. The van der Waals surface area contributed by atoms with Crippen molar-refractivity contribution in [2.75, 3.05) is 0 Å². The molecule has 112 valence electrons. The van der Waals surface area contributed by atoms with E-state index in [0.29, 0.717) is 12.2 Å². The molecule has 0 bridgehead atoms. The summed E-state index contributed by atoms with van der Waals surface area (Å²) < 4.78 is 5.68. The van der Waals surface area contributed by atoms with E-state index >= 15 is 0 Å². The fourth-order valence-electron chi connectivity index (χ4n) is 2.59. The maximum absolute atomic E-state index is 12.3. The van der Waals surface area contributed by atoms with E-state index < -0.39 is 0 Å². The number of Topliss-reactive ketones (excluding diaryl/α,β-unsaturated/α-hetero) is 2. The Hall–Kier alpha value is -1.90. The van der Waals surface area contributed by atoms with Crippen LogP contribution in [-0.2, 0) is 11.2 Å². The molecule has 0 radical (unpaired) electrons. The first-order valence-corrected chi connectivity index (χ1v) is 7.72. The maximum Gasteiger partial charge on any atom is 0.205 e. The highest BCUT2D eigenvalue weighted by Gasteiger charge is 2.21. The molecule has 0 fully saturated rings. The van der Waals surface area contributed by atoms with Crippen LogP contribution in [0.1, 0.15) is 62.1 Å². The lowest BCUT2D eigenvalue weighted by Crippen LogP contribution is -2.09. The quantitative estimate of drug-likeness (QED) is 0.401. The highest BCUT2D eigenvalue weighted by molar-refractivity contribution is 6.09. The van der Waals surface area contributed by atoms with E-state index in [1.165, 1.54) is 0 Å². The molecule has 0 aliphatic carbocycles. The Kier molecular flexibility index (Phi) is 5.32. The fourth-order valence-corrected chi connectivity index (χ4v) is 2.59. The summed E-state index contributed by atoms with van der Waals surface area (Å²) in [7, 11) is 0. The molecular weight excluding hydrogens is 264 g/mol. The van der Waals surface area contributed by atoms with Crippen LogP contribution in [0.25, 0.3) is 11.0 Å². The van der Waals surface area contributed by atoms with Gasteiger partial charge in [0.15, 0.2) is 5.76 Å². The van der Waals surface area contributed by atoms with Gasteiger partial charge in [-0.25, -0.2) is 0 Å². The van der Waals surface area contributed by atoms with Gasteiger partial charge in [0.2, 0.25) is 5.78 Å². The first-order chi connectivity index (χ1) is 10.2. The zero-order valence-corrected chi connectivity index (χ0v) is 12.8. The highest BCUT2D eigenvalue weighted by Crippen LogP contribution is 2.27. The molecule has 0 N–H and O–H groups in total. The number of furan rings is 1. The van der Waals surface area contributed by atoms with Crippen molar-refractivity contribution in [3.8, 4) is 0 Å². The first kappa shape index (κ1) is 15.5. The van der Waals surface area contributed by atoms with Gasteiger partial charge in [-0.2, -0.15) is 0 Å². The van der Waals surface area contributed by atoms with E-state index in [1.807, 2.05) is 31.2 Å². The van der Waals surface area contributed by atoms with Crippen molar-refractivity contribution < 1.29 is 14.0 Å². The van der Waals surface area contributed by atoms with E-state index in [-0.39, 0.29) is 18.0 Å². The molecule has 0 saturated heterocycles. The summed E-state index contributed by atoms with van der Waals surface area (Å²) >= 11 is 0. The predicted octanol–water partition coefficient (Wildman–Crippen LogP) is 4.72. The van der Waals surface area contributed by atoms with E-state index in [9.17, 15) is 9.59 Å². The van der Waals surface area contributed by atoms with Gasteiger partial charge in [0.25, 0.3) is 0 Å². The molecule has 21 heavy (non-hydrogen) atoms. The Balaban J connectivity index is 2.14. The number of carbonyl (C=O) groups is 2. The largest absolute Gasteiger partial charge is 0.453 e. The normalized spacial score (nSPS) is 11.0. The third-order valence-corrected chi connectivity index (χ3v) is 3.72. The number of carbonyl (C=O) groups excluding carboxylic acids is 2. The van der Waals surface area contributed by atoms with Crippen LogP contribution in [0.5, 0.6) is 0 Å². The number of ketones is 2. The third-order valence-electron chi connectivity index (χ3n) is 3.72. The van der Waals surface area contributed by atoms with Crippen molar-refractivity contribution in [1.29, 1.82) is 0 Å². The Morgan fingerprint density at radius 2 is 1.86 bits per heavy atom. The van der Waals surface area contributed by atoms with Crippen LogP contribution in [0.2, 0.25) is 0 Å². The van der Waals surface area contributed by atoms with Gasteiger partial charge in [-0.1, -0.05) is 44.9 Å². The average Bonchev–Trinajstić information content (AvgIpc) is 2.86. The van der Waals surface area contributed by atoms with Gasteiger partial charge < -0.3 is 4.42 Å². The number of para-hydroxylation sites is 1. The van der Waals surface area contributed by atoms with Gasteiger partial charge >= 0.3 is 0 Å². The van der Waals surface area contributed by atoms with Crippen LogP contribution < -0.4 is 0 Å². The minimum Gasteiger partial charge on any atom is -0.453 e. The van der Waals surface area contributed by atoms with Crippen LogP contribution in [0, 0.1) is 0 Å². The van der Waals surface area contributed by atoms with E-state index in [4.69, 9.17) is 4.42 Å². The van der Waals surface area contributed by atoms with Gasteiger partial charge in [-0.15, -0.1) is 0 Å². The molecule has 1 heterocycles. The standard InChI is InChI=1S/C18H22O3/c1-3-5-6-9-13(19)12-16(20)18-14(4-2)15-10-7-8-11-17(15)21-18/h7-8,10-11H,3-6,9,12H2,1-2H3. The summed E-state index contributed by atoms with van der Waals surface area (Å²) in [5.41, 5.74) is 1.63. The van der Waals surface area contributed by atoms with Gasteiger partial charge in [0.1, 0.15) is 11.4 Å². The van der Waals surface area contributed by atoms with Gasteiger partial charge in [0, 0.05) is 17.4 Å². The van der Waals surface area contributed by atoms with Gasteiger partial charge in [0.05, 0.1) is 6.42 Å². The summed E-state index contributed by atoms with van der Waals surface area (Å²) in [6.07, 6.45) is 4.14. The number of aryl methyl sites for hydroxylation is 1. The smallest absolute Gasteiger partial charge is 0.205 e. The molecule has 3 heteroatoms. The molecule has 0 unspecified atom stereocenters. The van der Waals surface area contributed by atoms with Crippen molar-refractivity contribution in [2.24, 2.45) is 0 Å². The van der Waals surface area contributed by atoms with Crippen molar-refractivity contribution in [3.05, 3.63) is 35.6 Å². The zero-order valence-electron chi connectivity index (χ0n) is 12.8. The van der Waals surface area contributed by atoms with Crippen molar-refractivity contribution in [1.82, 2.24) is 0 Å². The van der Waals surface area contributed by atoms with E-state index in [2.05, 4.69) is 6.92 Å². The second-order valence-electron chi connectivity index (χ2n) is 5.36. The molecule has 0 aliphatic heterocycles. The number of benzene rings is 1. The molecule has 0 amide bonds. The molecule has 3 nitrogen and oxygen atoms in total. The Morgan fingerprint density at radius 1 is 1.10 bits per heavy atom. The van der Waals surface area contributed by atoms with Crippen molar-refractivity contribution in [3.63, 3.8) is 0 Å². The van der Waals surface area contributed by atoms with Crippen LogP contribution in [0.15, 0.2) is 28.7 Å².